The first kappa shape index (κ1) is 15.3. The molecule has 0 spiro atoms. The maximum Gasteiger partial charge on any atom is 0.406 e. The highest BCUT2D eigenvalue weighted by atomic mass is 32.2. The summed E-state index contributed by atoms with van der Waals surface area (Å²) in [5.74, 6) is -1.00. The Morgan fingerprint density at radius 3 is 2.68 bits per heavy atom. The Hall–Kier alpha value is -1.74. The van der Waals surface area contributed by atoms with Gasteiger partial charge in [0.25, 0.3) is 0 Å². The van der Waals surface area contributed by atoms with E-state index >= 15 is 0 Å². The van der Waals surface area contributed by atoms with Crippen LogP contribution < -0.4 is 9.88 Å². The van der Waals surface area contributed by atoms with Crippen LogP contribution in [0.2, 0.25) is 0 Å². The summed E-state index contributed by atoms with van der Waals surface area (Å²) in [6, 6.07) is 3.01. The fourth-order valence-electron chi connectivity index (χ4n) is 1.45. The molecule has 19 heavy (non-hydrogen) atoms. The Morgan fingerprint density at radius 2 is 2.16 bits per heavy atom. The molecule has 106 valence electrons. The first-order valence-corrected chi connectivity index (χ1v) is 7.16. The maximum absolute atomic E-state index is 10.9. The summed E-state index contributed by atoms with van der Waals surface area (Å²) in [5, 5.41) is 15.7. The van der Waals surface area contributed by atoms with Gasteiger partial charge in [0.1, 0.15) is 5.69 Å². The number of nitro groups is 1. The molecule has 1 aromatic heterocycles. The second kappa shape index (κ2) is 5.93. The summed E-state index contributed by atoms with van der Waals surface area (Å²) < 4.78 is 27.0. The summed E-state index contributed by atoms with van der Waals surface area (Å²) in [5.41, 5.74) is 0.497. The van der Waals surface area contributed by atoms with Crippen molar-refractivity contribution in [2.45, 2.75) is 13.8 Å². The molecule has 9 heteroatoms. The summed E-state index contributed by atoms with van der Waals surface area (Å²) in [6.07, 6.45) is 0. The molecule has 2 N–H and O–H groups in total. The third kappa shape index (κ3) is 5.18. The minimum atomic E-state index is -3.59. The number of aryl methyl sites for hydroxylation is 1. The van der Waals surface area contributed by atoms with E-state index in [1.807, 2.05) is 0 Å². The zero-order valence-corrected chi connectivity index (χ0v) is 11.4. The van der Waals surface area contributed by atoms with Gasteiger partial charge in [0.2, 0.25) is 15.8 Å². The van der Waals surface area contributed by atoms with Crippen molar-refractivity contribution in [2.75, 3.05) is 12.4 Å². The van der Waals surface area contributed by atoms with Crippen LogP contribution in [0.3, 0.4) is 0 Å². The Labute approximate surface area is 110 Å². The monoisotopic (exact) mass is 289 g/mol. The Bertz CT molecular complexity index is 573. The van der Waals surface area contributed by atoms with Gasteiger partial charge in [-0.3, -0.25) is 0 Å². The Morgan fingerprint density at radius 1 is 1.53 bits per heavy atom. The molecule has 0 aliphatic carbocycles. The third-order valence-corrected chi connectivity index (χ3v) is 3.23. The molecular formula is C10H15N3O5S. The summed E-state index contributed by atoms with van der Waals surface area (Å²) in [7, 11) is -3.59. The average molecular weight is 289 g/mol. The number of nitrogens with two attached hydrogens (primary N) is 1. The lowest BCUT2D eigenvalue weighted by atomic mass is 10.2. The lowest BCUT2D eigenvalue weighted by molar-refractivity contribution is -0.390. The Balaban J connectivity index is 2.75. The molecule has 0 saturated carbocycles. The maximum atomic E-state index is 10.9. The van der Waals surface area contributed by atoms with Gasteiger partial charge in [0.05, 0.1) is 12.4 Å². The number of pyridine rings is 1. The van der Waals surface area contributed by atoms with Gasteiger partial charge in [-0.25, -0.2) is 13.6 Å². The van der Waals surface area contributed by atoms with Gasteiger partial charge in [-0.1, -0.05) is 6.92 Å². The van der Waals surface area contributed by atoms with Crippen molar-refractivity contribution in [1.82, 2.24) is 4.98 Å². The van der Waals surface area contributed by atoms with E-state index in [0.29, 0.717) is 5.69 Å². The summed E-state index contributed by atoms with van der Waals surface area (Å²) >= 11 is 0. The van der Waals surface area contributed by atoms with Crippen LogP contribution >= 0.6 is 0 Å². The van der Waals surface area contributed by atoms with Gasteiger partial charge >= 0.3 is 5.82 Å². The largest absolute Gasteiger partial charge is 0.485 e. The highest BCUT2D eigenvalue weighted by molar-refractivity contribution is 7.89. The van der Waals surface area contributed by atoms with Crippen LogP contribution in [-0.2, 0) is 10.0 Å². The van der Waals surface area contributed by atoms with Crippen molar-refractivity contribution in [2.24, 2.45) is 11.1 Å². The molecule has 0 saturated heterocycles. The number of sulfonamides is 1. The second-order valence-corrected chi connectivity index (χ2v) is 5.94. The van der Waals surface area contributed by atoms with Crippen LogP contribution in [-0.4, -0.2) is 30.7 Å². The van der Waals surface area contributed by atoms with E-state index in [2.05, 4.69) is 4.98 Å². The van der Waals surface area contributed by atoms with Crippen LogP contribution in [0.5, 0.6) is 5.75 Å². The first-order valence-electron chi connectivity index (χ1n) is 5.44. The van der Waals surface area contributed by atoms with Crippen LogP contribution in [0.15, 0.2) is 12.1 Å². The van der Waals surface area contributed by atoms with Gasteiger partial charge in [0, 0.05) is 12.8 Å². The zero-order chi connectivity index (χ0) is 14.6. The average Bonchev–Trinajstić information content (AvgIpc) is 2.24. The molecule has 0 bridgehead atoms. The zero-order valence-electron chi connectivity index (χ0n) is 10.6. The molecule has 0 radical (unpaired) electrons. The minimum absolute atomic E-state index is 0.00199. The van der Waals surface area contributed by atoms with Gasteiger partial charge in [-0.2, -0.15) is 0 Å². The van der Waals surface area contributed by atoms with Crippen LogP contribution in [0.1, 0.15) is 12.6 Å². The van der Waals surface area contributed by atoms with E-state index < -0.39 is 14.9 Å². The molecule has 0 aromatic carbocycles. The van der Waals surface area contributed by atoms with Crippen molar-refractivity contribution < 1.29 is 18.1 Å². The third-order valence-electron chi connectivity index (χ3n) is 2.19. The molecule has 0 aliphatic heterocycles. The number of hydrogen-bond donors (Lipinski definition) is 1. The predicted octanol–water partition coefficient (Wildman–Crippen LogP) is 0.602. The molecular weight excluding hydrogens is 274 g/mol. The summed E-state index contributed by atoms with van der Waals surface area (Å²) in [6.45, 7) is 3.25. The van der Waals surface area contributed by atoms with Crippen molar-refractivity contribution in [1.29, 1.82) is 0 Å². The van der Waals surface area contributed by atoms with E-state index in [-0.39, 0.29) is 29.8 Å². The number of rotatable bonds is 6. The van der Waals surface area contributed by atoms with Crippen LogP contribution in [0.4, 0.5) is 5.82 Å². The molecule has 1 rings (SSSR count). The van der Waals surface area contributed by atoms with Gasteiger partial charge < -0.3 is 14.9 Å². The topological polar surface area (TPSA) is 125 Å². The quantitative estimate of drug-likeness (QED) is 0.603. The molecule has 1 unspecified atom stereocenters. The molecule has 1 atom stereocenters. The van der Waals surface area contributed by atoms with E-state index in [0.717, 1.165) is 0 Å². The summed E-state index contributed by atoms with van der Waals surface area (Å²) in [4.78, 5) is 13.9. The van der Waals surface area contributed by atoms with E-state index in [4.69, 9.17) is 9.88 Å². The fraction of sp³-hybridized carbons (Fsp3) is 0.500. The number of aromatic nitrogens is 1. The predicted molar refractivity (Wildman–Crippen MR) is 68.3 cm³/mol. The number of ether oxygens (including phenoxy) is 1. The molecule has 1 heterocycles. The molecule has 1 aromatic rings. The van der Waals surface area contributed by atoms with E-state index in [9.17, 15) is 18.5 Å². The van der Waals surface area contributed by atoms with E-state index in [1.54, 1.807) is 19.9 Å². The number of hydrogen-bond acceptors (Lipinski definition) is 6. The van der Waals surface area contributed by atoms with Crippen LogP contribution in [0, 0.1) is 23.0 Å². The SMILES string of the molecule is Cc1ccc(OCC(C)CS(N)(=O)=O)c([N+](=O)[O-])n1. The van der Waals surface area contributed by atoms with Crippen molar-refractivity contribution in [3.63, 3.8) is 0 Å². The lowest BCUT2D eigenvalue weighted by Gasteiger charge is -2.11. The van der Waals surface area contributed by atoms with Crippen molar-refractivity contribution >= 4 is 15.8 Å². The van der Waals surface area contributed by atoms with Crippen molar-refractivity contribution in [3.8, 4) is 5.75 Å². The lowest BCUT2D eigenvalue weighted by Crippen LogP contribution is -2.25. The van der Waals surface area contributed by atoms with Crippen LogP contribution in [0.25, 0.3) is 0 Å². The minimum Gasteiger partial charge on any atom is -0.485 e. The molecule has 8 nitrogen and oxygen atoms in total. The first-order chi connectivity index (χ1) is 8.69. The van der Waals surface area contributed by atoms with E-state index in [1.165, 1.54) is 6.07 Å². The van der Waals surface area contributed by atoms with Crippen molar-refractivity contribution in [3.05, 3.63) is 27.9 Å². The highest BCUT2D eigenvalue weighted by Gasteiger charge is 2.19. The highest BCUT2D eigenvalue weighted by Crippen LogP contribution is 2.24. The normalized spacial score (nSPS) is 13.0. The Kier molecular flexibility index (Phi) is 4.78. The molecule has 0 amide bonds. The fourth-order valence-corrected chi connectivity index (χ4v) is 2.34. The standard InChI is InChI=1S/C10H15N3O5S/c1-7(6-19(11,16)17)5-18-9-4-3-8(2)12-10(9)13(14)15/h3-4,7H,5-6H2,1-2H3,(H2,11,16,17). The smallest absolute Gasteiger partial charge is 0.406 e. The molecule has 0 fully saturated rings. The van der Waals surface area contributed by atoms with Gasteiger partial charge in [-0.15, -0.1) is 0 Å². The number of primary sulfonamides is 1. The van der Waals surface area contributed by atoms with Gasteiger partial charge in [-0.05, 0) is 22.0 Å². The molecule has 0 aliphatic rings. The second-order valence-electron chi connectivity index (χ2n) is 4.28. The number of nitrogens with zero attached hydrogens (tertiary/aromatic N) is 2. The van der Waals surface area contributed by atoms with Gasteiger partial charge in [0.15, 0.2) is 0 Å².